The molecule has 7 nitrogen and oxygen atoms in total. The van der Waals surface area contributed by atoms with Gasteiger partial charge in [-0.2, -0.15) is 10.1 Å². The van der Waals surface area contributed by atoms with Crippen LogP contribution in [0.5, 0.6) is 17.2 Å². The van der Waals surface area contributed by atoms with E-state index in [0.29, 0.717) is 32.8 Å². The molecule has 182 valence electrons. The number of halogens is 1. The van der Waals surface area contributed by atoms with Crippen LogP contribution >= 0.6 is 34.7 Å². The number of anilines is 1. The maximum absolute atomic E-state index is 13.6. The zero-order chi connectivity index (χ0) is 25.2. The number of phenols is 1. The minimum Gasteiger partial charge on any atom is -0.502 e. The van der Waals surface area contributed by atoms with Crippen molar-refractivity contribution in [3.8, 4) is 17.2 Å². The number of para-hydroxylation sites is 1. The highest BCUT2D eigenvalue weighted by Crippen LogP contribution is 2.39. The second-order valence-electron chi connectivity index (χ2n) is 7.70. The average molecular weight is 538 g/mol. The summed E-state index contributed by atoms with van der Waals surface area (Å²) in [6.07, 6.45) is 1.72. The highest BCUT2D eigenvalue weighted by molar-refractivity contribution is 8.00. The molecule has 0 saturated heterocycles. The molecule has 1 amide bonds. The van der Waals surface area contributed by atoms with Crippen molar-refractivity contribution in [1.29, 1.82) is 0 Å². The average Bonchev–Trinajstić information content (AvgIpc) is 3.45. The van der Waals surface area contributed by atoms with Crippen LogP contribution in [-0.2, 0) is 4.79 Å². The molecule has 1 aliphatic heterocycles. The van der Waals surface area contributed by atoms with E-state index in [4.69, 9.17) is 21.1 Å². The first-order valence-electron chi connectivity index (χ1n) is 10.8. The lowest BCUT2D eigenvalue weighted by Crippen LogP contribution is -2.21. The normalized spacial score (nSPS) is 14.5. The van der Waals surface area contributed by atoms with Crippen molar-refractivity contribution in [2.45, 2.75) is 4.90 Å². The van der Waals surface area contributed by atoms with Crippen LogP contribution < -0.4 is 14.5 Å². The first-order chi connectivity index (χ1) is 17.5. The summed E-state index contributed by atoms with van der Waals surface area (Å²) in [5.74, 6) is 0.537. The van der Waals surface area contributed by atoms with Crippen LogP contribution in [0.3, 0.4) is 0 Å². The molecule has 4 aromatic rings. The highest BCUT2D eigenvalue weighted by atomic mass is 35.5. The SMILES string of the molecule is COc1cc(C=C2C(=O)N(c3nc4ccccc4s3)N=C2CSc2ccc(Cl)cc2)cc(OC)c1O. The fourth-order valence-electron chi connectivity index (χ4n) is 3.64. The summed E-state index contributed by atoms with van der Waals surface area (Å²) in [5.41, 5.74) is 2.46. The van der Waals surface area contributed by atoms with Crippen molar-refractivity contribution in [3.05, 3.63) is 76.8 Å². The lowest BCUT2D eigenvalue weighted by Gasteiger charge is -2.10. The van der Waals surface area contributed by atoms with E-state index in [0.717, 1.165) is 15.1 Å². The van der Waals surface area contributed by atoms with Crippen LogP contribution in [-0.4, -0.2) is 41.7 Å². The number of carbonyl (C=O) groups is 1. The molecule has 0 bridgehead atoms. The Morgan fingerprint density at radius 3 is 2.44 bits per heavy atom. The lowest BCUT2D eigenvalue weighted by atomic mass is 10.1. The number of aromatic nitrogens is 1. The summed E-state index contributed by atoms with van der Waals surface area (Å²) in [6, 6.07) is 18.5. The van der Waals surface area contributed by atoms with Gasteiger partial charge in [-0.1, -0.05) is 35.1 Å². The molecule has 0 unspecified atom stereocenters. The number of nitrogens with zero attached hydrogens (tertiary/aromatic N) is 3. The zero-order valence-corrected chi connectivity index (χ0v) is 21.7. The number of ether oxygens (including phenoxy) is 2. The lowest BCUT2D eigenvalue weighted by molar-refractivity contribution is -0.114. The number of aromatic hydroxyl groups is 1. The molecule has 3 aromatic carbocycles. The molecule has 5 rings (SSSR count). The number of hydrogen-bond acceptors (Lipinski definition) is 8. The van der Waals surface area contributed by atoms with E-state index in [9.17, 15) is 9.90 Å². The van der Waals surface area contributed by atoms with Gasteiger partial charge in [0.05, 0.1) is 35.7 Å². The molecule has 10 heteroatoms. The topological polar surface area (TPSA) is 84.2 Å². The molecule has 36 heavy (non-hydrogen) atoms. The molecule has 0 aliphatic carbocycles. The highest BCUT2D eigenvalue weighted by Gasteiger charge is 2.33. The van der Waals surface area contributed by atoms with Gasteiger partial charge in [0.25, 0.3) is 5.91 Å². The molecule has 0 spiro atoms. The number of rotatable bonds is 7. The first kappa shape index (κ1) is 24.2. The molecule has 2 heterocycles. The maximum atomic E-state index is 13.6. The number of benzene rings is 3. The molecular formula is C26H20ClN3O4S2. The molecule has 0 fully saturated rings. The smallest absolute Gasteiger partial charge is 0.282 e. The van der Waals surface area contributed by atoms with Crippen LogP contribution in [0.25, 0.3) is 16.3 Å². The third kappa shape index (κ3) is 4.77. The number of phenolic OH excluding ortho intramolecular Hbond substituents is 1. The fourth-order valence-corrected chi connectivity index (χ4v) is 5.52. The van der Waals surface area contributed by atoms with Crippen LogP contribution in [0.15, 0.2) is 76.2 Å². The van der Waals surface area contributed by atoms with Gasteiger partial charge in [0.1, 0.15) is 0 Å². The number of amides is 1. The maximum Gasteiger partial charge on any atom is 0.282 e. The molecule has 0 radical (unpaired) electrons. The molecule has 0 atom stereocenters. The van der Waals surface area contributed by atoms with Gasteiger partial charge in [-0.3, -0.25) is 4.79 Å². The quantitative estimate of drug-likeness (QED) is 0.221. The van der Waals surface area contributed by atoms with E-state index in [1.807, 2.05) is 48.5 Å². The van der Waals surface area contributed by atoms with Gasteiger partial charge in [-0.25, -0.2) is 4.98 Å². The van der Waals surface area contributed by atoms with Gasteiger partial charge in [0.2, 0.25) is 10.9 Å². The van der Waals surface area contributed by atoms with Crippen molar-refractivity contribution >= 4 is 67.7 Å². The van der Waals surface area contributed by atoms with Crippen LogP contribution in [0, 0.1) is 0 Å². The molecule has 1 aromatic heterocycles. The largest absolute Gasteiger partial charge is 0.502 e. The predicted octanol–water partition coefficient (Wildman–Crippen LogP) is 6.25. The Morgan fingerprint density at radius 2 is 1.78 bits per heavy atom. The standard InChI is InChI=1S/C26H20ClN3O4S2/c1-33-21-12-15(13-22(34-2)24(21)31)11-18-20(14-35-17-9-7-16(27)8-10-17)29-30(25(18)32)26-28-19-5-3-4-6-23(19)36-26/h3-13,31H,14H2,1-2H3. The summed E-state index contributed by atoms with van der Waals surface area (Å²) in [6.45, 7) is 0. The van der Waals surface area contributed by atoms with Crippen molar-refractivity contribution in [2.24, 2.45) is 5.10 Å². The summed E-state index contributed by atoms with van der Waals surface area (Å²) in [4.78, 5) is 19.2. The third-order valence-corrected chi connectivity index (χ3v) is 7.71. The van der Waals surface area contributed by atoms with E-state index in [-0.39, 0.29) is 23.2 Å². The van der Waals surface area contributed by atoms with Crippen molar-refractivity contribution in [3.63, 3.8) is 0 Å². The number of thiazole rings is 1. The Morgan fingerprint density at radius 1 is 1.08 bits per heavy atom. The molecule has 1 aliphatic rings. The summed E-state index contributed by atoms with van der Waals surface area (Å²) < 4.78 is 11.5. The third-order valence-electron chi connectivity index (χ3n) is 5.42. The molecular weight excluding hydrogens is 518 g/mol. The van der Waals surface area contributed by atoms with Crippen LogP contribution in [0.4, 0.5) is 5.13 Å². The van der Waals surface area contributed by atoms with E-state index in [1.54, 1.807) is 30.0 Å². The number of thioether (sulfide) groups is 1. The van der Waals surface area contributed by atoms with Crippen molar-refractivity contribution in [1.82, 2.24) is 4.98 Å². The van der Waals surface area contributed by atoms with Crippen LogP contribution in [0.1, 0.15) is 5.56 Å². The van der Waals surface area contributed by atoms with Gasteiger partial charge in [0, 0.05) is 15.7 Å². The second kappa shape index (κ2) is 10.2. The number of hydrogen-bond donors (Lipinski definition) is 1. The Kier molecular flexibility index (Phi) is 6.86. The van der Waals surface area contributed by atoms with Gasteiger partial charge < -0.3 is 14.6 Å². The van der Waals surface area contributed by atoms with Gasteiger partial charge in [-0.05, 0) is 60.2 Å². The van der Waals surface area contributed by atoms with Crippen LogP contribution in [0.2, 0.25) is 5.02 Å². The Bertz CT molecular complexity index is 1460. The van der Waals surface area contributed by atoms with E-state index in [2.05, 4.69) is 10.1 Å². The van der Waals surface area contributed by atoms with Crippen molar-refractivity contribution < 1.29 is 19.4 Å². The van der Waals surface area contributed by atoms with Crippen molar-refractivity contribution in [2.75, 3.05) is 25.0 Å². The monoisotopic (exact) mass is 537 g/mol. The van der Waals surface area contributed by atoms with E-state index < -0.39 is 0 Å². The zero-order valence-electron chi connectivity index (χ0n) is 19.3. The van der Waals surface area contributed by atoms with Gasteiger partial charge in [0.15, 0.2) is 11.5 Å². The Balaban J connectivity index is 1.54. The summed E-state index contributed by atoms with van der Waals surface area (Å²) in [5, 5.41) is 17.5. The van der Waals surface area contributed by atoms with E-state index >= 15 is 0 Å². The first-order valence-corrected chi connectivity index (χ1v) is 13.0. The Hall–Kier alpha value is -3.53. The molecule has 0 saturated carbocycles. The number of methoxy groups -OCH3 is 2. The predicted molar refractivity (Wildman–Crippen MR) is 146 cm³/mol. The Labute approximate surface area is 220 Å². The second-order valence-corrected chi connectivity index (χ2v) is 10.2. The van der Waals surface area contributed by atoms with Gasteiger partial charge in [-0.15, -0.1) is 11.8 Å². The number of fused-ring (bicyclic) bond motifs is 1. The minimum atomic E-state index is -0.285. The summed E-state index contributed by atoms with van der Waals surface area (Å²) in [7, 11) is 2.91. The van der Waals surface area contributed by atoms with E-state index in [1.165, 1.54) is 30.6 Å². The van der Waals surface area contributed by atoms with Gasteiger partial charge >= 0.3 is 0 Å². The number of hydrazone groups is 1. The number of carbonyl (C=O) groups excluding carboxylic acids is 1. The fraction of sp³-hybridized carbons (Fsp3) is 0.115. The molecule has 1 N–H and O–H groups in total. The summed E-state index contributed by atoms with van der Waals surface area (Å²) >= 11 is 8.97. The minimum absolute atomic E-state index is 0.108.